The lowest BCUT2D eigenvalue weighted by Crippen LogP contribution is -2.50. The number of carbonyl (C=O) groups excluding carboxylic acids is 2. The number of thiocarbonyl (C=S) groups is 1. The van der Waals surface area contributed by atoms with Crippen molar-refractivity contribution in [3.8, 4) is 11.5 Å². The Morgan fingerprint density at radius 2 is 1.54 bits per heavy atom. The van der Waals surface area contributed by atoms with Gasteiger partial charge in [0.2, 0.25) is 0 Å². The average molecular weight is 466 g/mol. The predicted octanol–water partition coefficient (Wildman–Crippen LogP) is 2.55. The maximum absolute atomic E-state index is 11.8. The molecular weight excluding hydrogens is 446 g/mol. The lowest BCUT2D eigenvalue weighted by molar-refractivity contribution is -0.124. The van der Waals surface area contributed by atoms with Crippen LogP contribution in [0.1, 0.15) is 11.1 Å². The summed E-state index contributed by atoms with van der Waals surface area (Å²) in [6, 6.07) is 12.7. The first-order valence-electron chi connectivity index (χ1n) is 8.30. The van der Waals surface area contributed by atoms with Gasteiger partial charge in [-0.1, -0.05) is 33.6 Å². The van der Waals surface area contributed by atoms with E-state index in [4.69, 9.17) is 21.7 Å². The summed E-state index contributed by atoms with van der Waals surface area (Å²) >= 11 is 8.34. The van der Waals surface area contributed by atoms with Crippen LogP contribution in [0.2, 0.25) is 0 Å². The quantitative estimate of drug-likeness (QED) is 0.448. The number of benzene rings is 2. The van der Waals surface area contributed by atoms with Crippen molar-refractivity contribution in [2.45, 2.75) is 13.8 Å². The van der Waals surface area contributed by atoms with Crippen molar-refractivity contribution >= 4 is 45.1 Å². The lowest BCUT2D eigenvalue weighted by Gasteiger charge is -2.12. The van der Waals surface area contributed by atoms with Crippen LogP contribution < -0.4 is 25.6 Å². The molecule has 2 aromatic rings. The fourth-order valence-electron chi connectivity index (χ4n) is 2.00. The van der Waals surface area contributed by atoms with Gasteiger partial charge < -0.3 is 9.47 Å². The van der Waals surface area contributed by atoms with E-state index in [-0.39, 0.29) is 18.3 Å². The summed E-state index contributed by atoms with van der Waals surface area (Å²) in [5, 5.41) is 2.35. The van der Waals surface area contributed by atoms with Gasteiger partial charge in [0, 0.05) is 4.47 Å². The van der Waals surface area contributed by atoms with Crippen molar-refractivity contribution in [2.75, 3.05) is 13.2 Å². The third-order valence-electron chi connectivity index (χ3n) is 3.46. The van der Waals surface area contributed by atoms with E-state index >= 15 is 0 Å². The molecule has 0 aliphatic rings. The van der Waals surface area contributed by atoms with Gasteiger partial charge in [-0.3, -0.25) is 25.8 Å². The maximum atomic E-state index is 11.8. The second-order valence-corrected chi connectivity index (χ2v) is 7.11. The normalized spacial score (nSPS) is 9.96. The minimum absolute atomic E-state index is 0.0506. The Kier molecular flexibility index (Phi) is 8.21. The van der Waals surface area contributed by atoms with Crippen LogP contribution in [0.4, 0.5) is 0 Å². The molecule has 0 unspecified atom stereocenters. The summed E-state index contributed by atoms with van der Waals surface area (Å²) in [6.45, 7) is 3.47. The van der Waals surface area contributed by atoms with Crippen LogP contribution in [-0.2, 0) is 9.59 Å². The van der Waals surface area contributed by atoms with Gasteiger partial charge in [0.1, 0.15) is 11.5 Å². The van der Waals surface area contributed by atoms with E-state index in [1.807, 2.05) is 38.1 Å². The molecule has 0 spiro atoms. The summed E-state index contributed by atoms with van der Waals surface area (Å²) in [7, 11) is 0. The zero-order valence-corrected chi connectivity index (χ0v) is 17.8. The van der Waals surface area contributed by atoms with Crippen molar-refractivity contribution in [3.63, 3.8) is 0 Å². The molecule has 9 heteroatoms. The number of nitrogens with one attached hydrogen (secondary N) is 3. The van der Waals surface area contributed by atoms with Crippen LogP contribution in [0, 0.1) is 13.8 Å². The Labute approximate surface area is 176 Å². The largest absolute Gasteiger partial charge is 0.484 e. The van der Waals surface area contributed by atoms with Crippen LogP contribution in [0.25, 0.3) is 0 Å². The van der Waals surface area contributed by atoms with Crippen molar-refractivity contribution < 1.29 is 19.1 Å². The van der Waals surface area contributed by atoms with Crippen LogP contribution in [-0.4, -0.2) is 30.1 Å². The second kappa shape index (κ2) is 10.6. The molecule has 0 bridgehead atoms. The smallest absolute Gasteiger partial charge is 0.276 e. The van der Waals surface area contributed by atoms with E-state index in [1.54, 1.807) is 18.2 Å². The molecule has 0 saturated carbocycles. The van der Waals surface area contributed by atoms with Gasteiger partial charge in [-0.05, 0) is 62.0 Å². The summed E-state index contributed by atoms with van der Waals surface area (Å²) in [4.78, 5) is 23.6. The first-order chi connectivity index (χ1) is 13.3. The molecule has 0 fully saturated rings. The van der Waals surface area contributed by atoms with Crippen LogP contribution in [0.5, 0.6) is 11.5 Å². The fourth-order valence-corrected chi connectivity index (χ4v) is 2.41. The Bertz CT molecular complexity index is 859. The topological polar surface area (TPSA) is 88.7 Å². The molecule has 0 heterocycles. The van der Waals surface area contributed by atoms with Gasteiger partial charge in [0.05, 0.1) is 0 Å². The number of ether oxygens (including phenoxy) is 2. The zero-order chi connectivity index (χ0) is 20.5. The van der Waals surface area contributed by atoms with Gasteiger partial charge >= 0.3 is 0 Å². The standard InChI is InChI=1S/C19H20BrN3O4S/c1-12-3-5-14(6-4-12)26-10-17(24)21-19(28)23-22-18(25)11-27-15-7-8-16(20)13(2)9-15/h3-9H,10-11H2,1-2H3,(H,22,25)(H2,21,23,24,28). The second-order valence-electron chi connectivity index (χ2n) is 5.85. The molecule has 2 aromatic carbocycles. The highest BCUT2D eigenvalue weighted by Gasteiger charge is 2.08. The lowest BCUT2D eigenvalue weighted by atomic mass is 10.2. The van der Waals surface area contributed by atoms with Gasteiger partial charge in [-0.25, -0.2) is 0 Å². The number of rotatable bonds is 6. The first kappa shape index (κ1) is 21.6. The molecular formula is C19H20BrN3O4S. The number of hydrazine groups is 1. The SMILES string of the molecule is Cc1ccc(OCC(=O)NC(=S)NNC(=O)COc2ccc(Br)c(C)c2)cc1. The number of hydrogen-bond acceptors (Lipinski definition) is 5. The monoisotopic (exact) mass is 465 g/mol. The van der Waals surface area contributed by atoms with E-state index in [9.17, 15) is 9.59 Å². The maximum Gasteiger partial charge on any atom is 0.276 e. The number of amides is 2. The average Bonchev–Trinajstić information content (AvgIpc) is 2.67. The van der Waals surface area contributed by atoms with Gasteiger partial charge in [-0.15, -0.1) is 0 Å². The van der Waals surface area contributed by atoms with Crippen molar-refractivity contribution in [1.82, 2.24) is 16.2 Å². The van der Waals surface area contributed by atoms with E-state index in [0.717, 1.165) is 15.6 Å². The van der Waals surface area contributed by atoms with Gasteiger partial charge in [-0.2, -0.15) is 0 Å². The van der Waals surface area contributed by atoms with Crippen LogP contribution in [0.15, 0.2) is 46.9 Å². The molecule has 0 saturated heterocycles. The molecule has 148 valence electrons. The van der Waals surface area contributed by atoms with Gasteiger partial charge in [0.15, 0.2) is 18.3 Å². The highest BCUT2D eigenvalue weighted by Crippen LogP contribution is 2.21. The number of hydrogen-bond donors (Lipinski definition) is 3. The molecule has 2 rings (SSSR count). The number of carbonyl (C=O) groups is 2. The molecule has 2 amide bonds. The van der Waals surface area contributed by atoms with E-state index in [0.29, 0.717) is 11.5 Å². The van der Waals surface area contributed by atoms with E-state index in [2.05, 4.69) is 32.1 Å². The Morgan fingerprint density at radius 3 is 2.21 bits per heavy atom. The summed E-state index contributed by atoms with van der Waals surface area (Å²) in [6.07, 6.45) is 0. The molecule has 0 atom stereocenters. The molecule has 0 aromatic heterocycles. The zero-order valence-electron chi connectivity index (χ0n) is 15.4. The molecule has 0 aliphatic heterocycles. The minimum atomic E-state index is -0.451. The summed E-state index contributed by atoms with van der Waals surface area (Å²) < 4.78 is 11.7. The summed E-state index contributed by atoms with van der Waals surface area (Å²) in [5.74, 6) is 0.246. The first-order valence-corrected chi connectivity index (χ1v) is 9.50. The highest BCUT2D eigenvalue weighted by molar-refractivity contribution is 9.10. The fraction of sp³-hybridized carbons (Fsp3) is 0.211. The predicted molar refractivity (Wildman–Crippen MR) is 113 cm³/mol. The molecule has 0 aliphatic carbocycles. The third-order valence-corrected chi connectivity index (χ3v) is 4.55. The molecule has 7 nitrogen and oxygen atoms in total. The van der Waals surface area contributed by atoms with Crippen LogP contribution >= 0.6 is 28.1 Å². The third kappa shape index (κ3) is 7.53. The van der Waals surface area contributed by atoms with Crippen molar-refractivity contribution in [2.24, 2.45) is 0 Å². The molecule has 3 N–H and O–H groups in total. The van der Waals surface area contributed by atoms with E-state index in [1.165, 1.54) is 0 Å². The number of halogens is 1. The molecule has 28 heavy (non-hydrogen) atoms. The van der Waals surface area contributed by atoms with Crippen molar-refractivity contribution in [1.29, 1.82) is 0 Å². The highest BCUT2D eigenvalue weighted by atomic mass is 79.9. The Morgan fingerprint density at radius 1 is 0.929 bits per heavy atom. The summed E-state index contributed by atoms with van der Waals surface area (Å²) in [5.41, 5.74) is 6.86. The van der Waals surface area contributed by atoms with Gasteiger partial charge in [0.25, 0.3) is 11.8 Å². The van der Waals surface area contributed by atoms with Crippen molar-refractivity contribution in [3.05, 3.63) is 58.1 Å². The molecule has 0 radical (unpaired) electrons. The van der Waals surface area contributed by atoms with Crippen LogP contribution in [0.3, 0.4) is 0 Å². The van der Waals surface area contributed by atoms with E-state index < -0.39 is 11.8 Å². The number of aryl methyl sites for hydroxylation is 2. The Balaban J connectivity index is 1.65. The Hall–Kier alpha value is -2.65. The minimum Gasteiger partial charge on any atom is -0.484 e.